The molecule has 0 bridgehead atoms. The molecule has 2 rings (SSSR count). The van der Waals surface area contributed by atoms with Crippen molar-refractivity contribution >= 4 is 0 Å². The van der Waals surface area contributed by atoms with Gasteiger partial charge in [0.25, 0.3) is 0 Å². The maximum atomic E-state index is 4.37. The molecule has 0 aromatic carbocycles. The van der Waals surface area contributed by atoms with Gasteiger partial charge in [-0.1, -0.05) is 12.1 Å². The second-order valence-corrected chi connectivity index (χ2v) is 4.41. The lowest BCUT2D eigenvalue weighted by atomic mass is 10.0. The fraction of sp³-hybridized carbons (Fsp3) is 0.333. The monoisotopic (exact) mass is 241 g/mol. The van der Waals surface area contributed by atoms with E-state index < -0.39 is 0 Å². The van der Waals surface area contributed by atoms with E-state index in [-0.39, 0.29) is 0 Å². The van der Waals surface area contributed by atoms with Gasteiger partial charge in [0.15, 0.2) is 0 Å². The van der Waals surface area contributed by atoms with Gasteiger partial charge in [-0.05, 0) is 43.7 Å². The molecule has 0 amide bonds. The van der Waals surface area contributed by atoms with Crippen molar-refractivity contribution in [2.45, 2.75) is 25.3 Å². The number of hydrogen-bond acceptors (Lipinski definition) is 3. The fourth-order valence-electron chi connectivity index (χ4n) is 2.01. The SMILES string of the molecule is CNC(CCc1cccnc1)Cc1ccccn1. The molecule has 0 saturated carbocycles. The Bertz CT molecular complexity index is 442. The lowest BCUT2D eigenvalue weighted by Gasteiger charge is -2.15. The lowest BCUT2D eigenvalue weighted by molar-refractivity contribution is 0.515. The van der Waals surface area contributed by atoms with Crippen molar-refractivity contribution in [3.8, 4) is 0 Å². The molecule has 0 aliphatic rings. The van der Waals surface area contributed by atoms with Gasteiger partial charge in [0.05, 0.1) is 0 Å². The number of nitrogens with zero attached hydrogens (tertiary/aromatic N) is 2. The Morgan fingerprint density at radius 3 is 2.78 bits per heavy atom. The first kappa shape index (κ1) is 12.7. The van der Waals surface area contributed by atoms with Crippen LogP contribution in [0.25, 0.3) is 0 Å². The van der Waals surface area contributed by atoms with Crippen LogP contribution in [0.5, 0.6) is 0 Å². The van der Waals surface area contributed by atoms with Crippen molar-refractivity contribution in [2.75, 3.05) is 7.05 Å². The van der Waals surface area contributed by atoms with Crippen molar-refractivity contribution in [2.24, 2.45) is 0 Å². The van der Waals surface area contributed by atoms with Gasteiger partial charge >= 0.3 is 0 Å². The molecule has 1 N–H and O–H groups in total. The number of aromatic nitrogens is 2. The molecular weight excluding hydrogens is 222 g/mol. The molecule has 94 valence electrons. The number of rotatable bonds is 6. The predicted molar refractivity (Wildman–Crippen MR) is 73.3 cm³/mol. The molecule has 0 radical (unpaired) electrons. The van der Waals surface area contributed by atoms with Gasteiger partial charge in [-0.2, -0.15) is 0 Å². The van der Waals surface area contributed by atoms with Crippen molar-refractivity contribution in [1.29, 1.82) is 0 Å². The summed E-state index contributed by atoms with van der Waals surface area (Å²) in [7, 11) is 2.01. The number of pyridine rings is 2. The Morgan fingerprint density at radius 2 is 2.11 bits per heavy atom. The second-order valence-electron chi connectivity index (χ2n) is 4.41. The van der Waals surface area contributed by atoms with Gasteiger partial charge in [-0.25, -0.2) is 0 Å². The normalized spacial score (nSPS) is 12.3. The van der Waals surface area contributed by atoms with Crippen LogP contribution in [0.4, 0.5) is 0 Å². The Labute approximate surface area is 108 Å². The minimum Gasteiger partial charge on any atom is -0.317 e. The van der Waals surface area contributed by atoms with E-state index in [1.54, 1.807) is 0 Å². The van der Waals surface area contributed by atoms with Crippen LogP contribution in [0.3, 0.4) is 0 Å². The number of nitrogens with one attached hydrogen (secondary N) is 1. The van der Waals surface area contributed by atoms with Gasteiger partial charge in [0.1, 0.15) is 0 Å². The minimum absolute atomic E-state index is 0.458. The largest absolute Gasteiger partial charge is 0.317 e. The highest BCUT2D eigenvalue weighted by atomic mass is 14.9. The van der Waals surface area contributed by atoms with Crippen LogP contribution in [0.1, 0.15) is 17.7 Å². The summed E-state index contributed by atoms with van der Waals surface area (Å²) in [6, 6.07) is 10.6. The topological polar surface area (TPSA) is 37.8 Å². The summed E-state index contributed by atoms with van der Waals surface area (Å²) in [6.07, 6.45) is 8.71. The molecule has 3 heteroatoms. The molecule has 0 fully saturated rings. The zero-order valence-electron chi connectivity index (χ0n) is 10.7. The first-order valence-electron chi connectivity index (χ1n) is 6.34. The zero-order chi connectivity index (χ0) is 12.6. The third kappa shape index (κ3) is 3.93. The van der Waals surface area contributed by atoms with E-state index in [1.165, 1.54) is 5.56 Å². The maximum absolute atomic E-state index is 4.37. The average Bonchev–Trinajstić information content (AvgIpc) is 2.45. The van der Waals surface area contributed by atoms with Crippen LogP contribution in [-0.2, 0) is 12.8 Å². The first-order valence-corrected chi connectivity index (χ1v) is 6.34. The summed E-state index contributed by atoms with van der Waals surface area (Å²) in [5.74, 6) is 0. The fourth-order valence-corrected chi connectivity index (χ4v) is 2.01. The highest BCUT2D eigenvalue weighted by Crippen LogP contribution is 2.07. The van der Waals surface area contributed by atoms with Gasteiger partial charge in [0.2, 0.25) is 0 Å². The average molecular weight is 241 g/mol. The molecule has 0 saturated heterocycles. The van der Waals surface area contributed by atoms with E-state index in [1.807, 2.05) is 43.8 Å². The Morgan fingerprint density at radius 1 is 1.17 bits per heavy atom. The Hall–Kier alpha value is -1.74. The first-order chi connectivity index (χ1) is 8.88. The summed E-state index contributed by atoms with van der Waals surface area (Å²) in [6.45, 7) is 0. The molecule has 18 heavy (non-hydrogen) atoms. The Kier molecular flexibility index (Phi) is 4.85. The van der Waals surface area contributed by atoms with E-state index in [2.05, 4.69) is 27.4 Å². The van der Waals surface area contributed by atoms with Crippen LogP contribution >= 0.6 is 0 Å². The molecule has 1 unspecified atom stereocenters. The van der Waals surface area contributed by atoms with E-state index in [9.17, 15) is 0 Å². The summed E-state index contributed by atoms with van der Waals surface area (Å²) in [5, 5.41) is 3.36. The van der Waals surface area contributed by atoms with Crippen LogP contribution in [0, 0.1) is 0 Å². The summed E-state index contributed by atoms with van der Waals surface area (Å²) < 4.78 is 0. The van der Waals surface area contributed by atoms with Crippen molar-refractivity contribution in [3.05, 3.63) is 60.2 Å². The van der Waals surface area contributed by atoms with Gasteiger partial charge in [-0.15, -0.1) is 0 Å². The van der Waals surface area contributed by atoms with E-state index in [4.69, 9.17) is 0 Å². The molecular formula is C15H19N3. The number of likely N-dealkylation sites (N-methyl/N-ethyl adjacent to an activating group) is 1. The van der Waals surface area contributed by atoms with Crippen molar-refractivity contribution < 1.29 is 0 Å². The van der Waals surface area contributed by atoms with E-state index in [0.29, 0.717) is 6.04 Å². The summed E-state index contributed by atoms with van der Waals surface area (Å²) in [5.41, 5.74) is 2.43. The summed E-state index contributed by atoms with van der Waals surface area (Å²) >= 11 is 0. The second kappa shape index (κ2) is 6.87. The molecule has 1 atom stereocenters. The molecule has 2 heterocycles. The minimum atomic E-state index is 0.458. The van der Waals surface area contributed by atoms with Crippen molar-refractivity contribution in [3.63, 3.8) is 0 Å². The number of hydrogen-bond donors (Lipinski definition) is 1. The van der Waals surface area contributed by atoms with Crippen LogP contribution < -0.4 is 5.32 Å². The van der Waals surface area contributed by atoms with Crippen LogP contribution in [-0.4, -0.2) is 23.1 Å². The van der Waals surface area contributed by atoms with E-state index >= 15 is 0 Å². The lowest BCUT2D eigenvalue weighted by Crippen LogP contribution is -2.28. The molecule has 2 aromatic heterocycles. The molecule has 0 aliphatic heterocycles. The predicted octanol–water partition coefficient (Wildman–Crippen LogP) is 2.24. The van der Waals surface area contributed by atoms with Crippen LogP contribution in [0.2, 0.25) is 0 Å². The third-order valence-electron chi connectivity index (χ3n) is 3.09. The molecule has 2 aromatic rings. The quantitative estimate of drug-likeness (QED) is 0.843. The highest BCUT2D eigenvalue weighted by Gasteiger charge is 2.08. The highest BCUT2D eigenvalue weighted by molar-refractivity contribution is 5.10. The molecule has 3 nitrogen and oxygen atoms in total. The smallest absolute Gasteiger partial charge is 0.0419 e. The Balaban J connectivity index is 1.86. The number of aryl methyl sites for hydroxylation is 1. The third-order valence-corrected chi connectivity index (χ3v) is 3.09. The molecule has 0 spiro atoms. The zero-order valence-corrected chi connectivity index (χ0v) is 10.7. The summed E-state index contributed by atoms with van der Waals surface area (Å²) in [4.78, 5) is 8.51. The van der Waals surface area contributed by atoms with Gasteiger partial charge in [0, 0.05) is 36.7 Å². The van der Waals surface area contributed by atoms with Crippen LogP contribution in [0.15, 0.2) is 48.9 Å². The maximum Gasteiger partial charge on any atom is 0.0419 e. The van der Waals surface area contributed by atoms with Gasteiger partial charge < -0.3 is 5.32 Å². The van der Waals surface area contributed by atoms with Gasteiger partial charge in [-0.3, -0.25) is 9.97 Å². The van der Waals surface area contributed by atoms with Crippen molar-refractivity contribution in [1.82, 2.24) is 15.3 Å². The standard InChI is InChI=1S/C15H19N3/c1-16-14(11-15-6-2-3-10-18-15)8-7-13-5-4-9-17-12-13/h2-6,9-10,12,14,16H,7-8,11H2,1H3. The molecule has 0 aliphatic carbocycles. The van der Waals surface area contributed by atoms with E-state index in [0.717, 1.165) is 25.0 Å².